The van der Waals surface area contributed by atoms with Gasteiger partial charge in [-0.1, -0.05) is 18.2 Å². The summed E-state index contributed by atoms with van der Waals surface area (Å²) in [5.74, 6) is 0.122. The van der Waals surface area contributed by atoms with Gasteiger partial charge in [0.1, 0.15) is 18.1 Å². The number of rotatable bonds is 12. The number of nitrogens with one attached hydrogen (secondary N) is 3. The van der Waals surface area contributed by atoms with E-state index in [0.717, 1.165) is 24.4 Å². The number of benzene rings is 1. The second kappa shape index (κ2) is 11.5. The number of carbonyl (C=O) groups excluding carboxylic acids is 1. The molecule has 3 N–H and O–H groups in total. The fraction of sp³-hybridized carbons (Fsp3) is 0.500. The van der Waals surface area contributed by atoms with Gasteiger partial charge in [-0.2, -0.15) is 24.9 Å². The molecule has 199 valence electrons. The Kier molecular flexibility index (Phi) is 8.90. The lowest BCUT2D eigenvalue weighted by atomic mass is 9.92. The smallest absolute Gasteiger partial charge is 0.251 e. The van der Waals surface area contributed by atoms with Crippen molar-refractivity contribution in [3.8, 4) is 6.07 Å². The van der Waals surface area contributed by atoms with E-state index in [0.29, 0.717) is 30.1 Å². The molecule has 9 heteroatoms. The average molecular weight is 522 g/mol. The summed E-state index contributed by atoms with van der Waals surface area (Å²) in [5.41, 5.74) is 1.14. The molecule has 0 spiro atoms. The number of amides is 1. The highest BCUT2D eigenvalue weighted by atomic mass is 28.3. The molecule has 1 fully saturated rings. The average Bonchev–Trinajstić information content (AvgIpc) is 3.65. The molecule has 1 amide bonds. The summed E-state index contributed by atoms with van der Waals surface area (Å²) in [6, 6.07) is 14.1. The van der Waals surface area contributed by atoms with Gasteiger partial charge in [0.25, 0.3) is 5.91 Å². The standard InChI is InChI=1S/C28H39N5O3Si/c1-27(2,36-20-35-18-19-37(3,4)5)23-8-6-17-33(24(23)30)26(31)28(13-14-28)22-11-9-21(10-12-22)25(34)32-16-7-15-29/h6,8-12,17,30-31H,7,13-14,16,18-20H2,1-5H3,(H,32,34)/q-1. The van der Waals surface area contributed by atoms with Gasteiger partial charge in [-0.15, -0.1) is 14.1 Å². The number of ether oxygens (including phenoxy) is 2. The minimum absolute atomic E-state index is 0.156. The van der Waals surface area contributed by atoms with Gasteiger partial charge in [-0.05, 0) is 50.5 Å². The molecule has 1 heterocycles. The molecule has 1 saturated carbocycles. The van der Waals surface area contributed by atoms with Crippen LogP contribution in [0, 0.1) is 22.1 Å². The largest absolute Gasteiger partial charge is 0.358 e. The van der Waals surface area contributed by atoms with Gasteiger partial charge in [0.15, 0.2) is 0 Å². The van der Waals surface area contributed by atoms with Crippen molar-refractivity contribution in [2.75, 3.05) is 19.9 Å². The SMILES string of the molecule is CC(C)(OCOCC[Si-](C)(C)C)c1cccn(C(=N)C2(c3ccc(C(=O)NCCC#N)cc3)CC2)c1=N. The molecule has 8 nitrogen and oxygen atoms in total. The number of hydrogen-bond donors (Lipinski definition) is 3. The molecular weight excluding hydrogens is 482 g/mol. The van der Waals surface area contributed by atoms with Crippen molar-refractivity contribution in [1.82, 2.24) is 9.88 Å². The molecule has 0 saturated heterocycles. The van der Waals surface area contributed by atoms with E-state index in [1.165, 1.54) is 0 Å². The molecule has 1 aliphatic rings. The van der Waals surface area contributed by atoms with Crippen LogP contribution in [0.5, 0.6) is 0 Å². The van der Waals surface area contributed by atoms with Gasteiger partial charge >= 0.3 is 0 Å². The zero-order valence-corrected chi connectivity index (χ0v) is 23.6. The predicted molar refractivity (Wildman–Crippen MR) is 146 cm³/mol. The van der Waals surface area contributed by atoms with Gasteiger partial charge < -0.3 is 14.8 Å². The van der Waals surface area contributed by atoms with Crippen LogP contribution in [0.2, 0.25) is 25.7 Å². The van der Waals surface area contributed by atoms with Crippen LogP contribution in [0.15, 0.2) is 42.6 Å². The maximum Gasteiger partial charge on any atom is 0.251 e. The second-order valence-corrected chi connectivity index (χ2v) is 16.9. The second-order valence-electron chi connectivity index (χ2n) is 11.3. The molecule has 0 unspecified atom stereocenters. The molecule has 1 aromatic heterocycles. The number of carbonyl (C=O) groups is 1. The molecule has 1 aliphatic carbocycles. The Morgan fingerprint density at radius 1 is 1.22 bits per heavy atom. The summed E-state index contributed by atoms with van der Waals surface area (Å²) >= 11 is 0. The third-order valence-electron chi connectivity index (χ3n) is 6.81. The Labute approximate surface area is 220 Å². The first-order valence-electron chi connectivity index (χ1n) is 12.7. The van der Waals surface area contributed by atoms with Crippen LogP contribution in [0.4, 0.5) is 0 Å². The zero-order valence-electron chi connectivity index (χ0n) is 22.6. The van der Waals surface area contributed by atoms with E-state index in [4.69, 9.17) is 25.6 Å². The maximum atomic E-state index is 12.3. The first-order chi connectivity index (χ1) is 17.4. The van der Waals surface area contributed by atoms with E-state index in [-0.39, 0.29) is 24.6 Å². The zero-order chi connectivity index (χ0) is 27.3. The van der Waals surface area contributed by atoms with Crippen molar-refractivity contribution in [1.29, 1.82) is 16.1 Å². The number of aromatic nitrogens is 1. The van der Waals surface area contributed by atoms with Crippen molar-refractivity contribution in [3.05, 3.63) is 64.8 Å². The quantitative estimate of drug-likeness (QED) is 0.123. The molecular formula is C28H39N5O3Si-. The summed E-state index contributed by atoms with van der Waals surface area (Å²) in [5, 5.41) is 29.3. The highest BCUT2D eigenvalue weighted by Crippen LogP contribution is 2.49. The number of nitriles is 1. The van der Waals surface area contributed by atoms with Gasteiger partial charge in [0.05, 0.1) is 23.5 Å². The van der Waals surface area contributed by atoms with E-state index in [1.807, 2.05) is 44.2 Å². The lowest BCUT2D eigenvalue weighted by Crippen LogP contribution is -2.40. The monoisotopic (exact) mass is 521 g/mol. The van der Waals surface area contributed by atoms with Gasteiger partial charge in [0.2, 0.25) is 0 Å². The van der Waals surface area contributed by atoms with E-state index in [2.05, 4.69) is 25.0 Å². The minimum Gasteiger partial charge on any atom is -0.358 e. The summed E-state index contributed by atoms with van der Waals surface area (Å²) in [6.07, 6.45) is 3.64. The number of pyridine rings is 1. The van der Waals surface area contributed by atoms with E-state index >= 15 is 0 Å². The lowest BCUT2D eigenvalue weighted by Gasteiger charge is -2.29. The van der Waals surface area contributed by atoms with Crippen molar-refractivity contribution < 1.29 is 14.3 Å². The van der Waals surface area contributed by atoms with Crippen molar-refractivity contribution in [2.24, 2.45) is 0 Å². The lowest BCUT2D eigenvalue weighted by molar-refractivity contribution is -0.129. The summed E-state index contributed by atoms with van der Waals surface area (Å²) < 4.78 is 13.4. The van der Waals surface area contributed by atoms with Crippen LogP contribution in [0.25, 0.3) is 0 Å². The Hall–Kier alpha value is -3.06. The van der Waals surface area contributed by atoms with E-state index < -0.39 is 19.1 Å². The normalized spacial score (nSPS) is 14.6. The molecule has 0 atom stereocenters. The van der Waals surface area contributed by atoms with Crippen molar-refractivity contribution in [2.45, 2.75) is 69.8 Å². The Morgan fingerprint density at radius 2 is 1.89 bits per heavy atom. The van der Waals surface area contributed by atoms with E-state index in [1.54, 1.807) is 22.9 Å². The van der Waals surface area contributed by atoms with Crippen LogP contribution in [0.3, 0.4) is 0 Å². The van der Waals surface area contributed by atoms with Crippen LogP contribution >= 0.6 is 0 Å². The van der Waals surface area contributed by atoms with Crippen LogP contribution in [-0.4, -0.2) is 44.3 Å². The Bertz CT molecular complexity index is 1220. The Balaban J connectivity index is 1.73. The highest BCUT2D eigenvalue weighted by molar-refractivity contribution is 6.76. The molecule has 3 rings (SSSR count). The van der Waals surface area contributed by atoms with Gasteiger partial charge in [-0.25, -0.2) is 0 Å². The molecule has 0 aliphatic heterocycles. The first-order valence-corrected chi connectivity index (χ1v) is 16.5. The van der Waals surface area contributed by atoms with E-state index in [9.17, 15) is 4.79 Å². The molecule has 0 radical (unpaired) electrons. The van der Waals surface area contributed by atoms with Crippen LogP contribution < -0.4 is 10.8 Å². The third kappa shape index (κ3) is 7.04. The minimum atomic E-state index is -1.17. The summed E-state index contributed by atoms with van der Waals surface area (Å²) in [4.78, 5) is 12.3. The fourth-order valence-corrected chi connectivity index (χ4v) is 4.93. The fourth-order valence-electron chi connectivity index (χ4n) is 4.18. The van der Waals surface area contributed by atoms with Gasteiger partial charge in [-0.3, -0.25) is 20.2 Å². The van der Waals surface area contributed by atoms with Crippen molar-refractivity contribution >= 4 is 19.8 Å². The third-order valence-corrected chi connectivity index (χ3v) is 8.51. The Morgan fingerprint density at radius 3 is 2.49 bits per heavy atom. The van der Waals surface area contributed by atoms with Crippen LogP contribution in [-0.2, 0) is 20.5 Å². The predicted octanol–water partition coefficient (Wildman–Crippen LogP) is 4.73. The topological polar surface area (TPSA) is 124 Å². The molecule has 2 aromatic rings. The summed E-state index contributed by atoms with van der Waals surface area (Å²) in [7, 11) is -1.17. The van der Waals surface area contributed by atoms with Crippen molar-refractivity contribution in [3.63, 3.8) is 0 Å². The van der Waals surface area contributed by atoms with Crippen LogP contribution in [0.1, 0.15) is 54.6 Å². The maximum absolute atomic E-state index is 12.3. The van der Waals surface area contributed by atoms with Gasteiger partial charge in [0, 0.05) is 30.5 Å². The molecule has 37 heavy (non-hydrogen) atoms. The highest BCUT2D eigenvalue weighted by Gasteiger charge is 2.49. The number of nitrogens with zero attached hydrogens (tertiary/aromatic N) is 2. The molecule has 1 aromatic carbocycles. The first kappa shape index (κ1) is 28.5. The summed E-state index contributed by atoms with van der Waals surface area (Å²) in [6.45, 7) is 11.9. The molecule has 0 bridgehead atoms. The number of hydrogen-bond acceptors (Lipinski definition) is 6.